The molecule has 0 atom stereocenters. The molecule has 0 saturated carbocycles. The summed E-state index contributed by atoms with van der Waals surface area (Å²) in [6.07, 6.45) is 1.37. The van der Waals surface area contributed by atoms with Gasteiger partial charge in [0.05, 0.1) is 18.7 Å². The lowest BCUT2D eigenvalue weighted by Crippen LogP contribution is -2.28. The van der Waals surface area contributed by atoms with E-state index in [1.165, 1.54) is 6.26 Å². The molecular formula is C18H16N2O4S. The lowest BCUT2D eigenvalue weighted by atomic mass is 10.2. The highest BCUT2D eigenvalue weighted by Crippen LogP contribution is 2.18. The molecule has 0 unspecified atom stereocenters. The highest BCUT2D eigenvalue weighted by molar-refractivity contribution is 7.09. The summed E-state index contributed by atoms with van der Waals surface area (Å²) in [5.41, 5.74) is 1.29. The van der Waals surface area contributed by atoms with Gasteiger partial charge in [0.25, 0.3) is 5.91 Å². The second-order valence-electron chi connectivity index (χ2n) is 5.20. The van der Waals surface area contributed by atoms with Crippen LogP contribution < -0.4 is 5.32 Å². The van der Waals surface area contributed by atoms with E-state index >= 15 is 0 Å². The van der Waals surface area contributed by atoms with Crippen LogP contribution in [0.1, 0.15) is 10.6 Å². The predicted octanol–water partition coefficient (Wildman–Crippen LogP) is 2.81. The Morgan fingerprint density at radius 3 is 2.76 bits per heavy atom. The van der Waals surface area contributed by atoms with E-state index in [4.69, 9.17) is 9.15 Å². The zero-order valence-electron chi connectivity index (χ0n) is 13.3. The van der Waals surface area contributed by atoms with Crippen molar-refractivity contribution in [1.82, 2.24) is 10.3 Å². The number of nitrogens with one attached hydrogen (secondary N) is 1. The highest BCUT2D eigenvalue weighted by atomic mass is 32.1. The van der Waals surface area contributed by atoms with Gasteiger partial charge in [-0.25, -0.2) is 4.98 Å². The number of nitrogens with zero attached hydrogens (tertiary/aromatic N) is 1. The van der Waals surface area contributed by atoms with E-state index in [1.54, 1.807) is 11.3 Å². The molecule has 25 heavy (non-hydrogen) atoms. The van der Waals surface area contributed by atoms with Crippen molar-refractivity contribution >= 4 is 23.2 Å². The molecule has 2 aromatic heterocycles. The Kier molecular flexibility index (Phi) is 5.58. The number of hydrogen-bond acceptors (Lipinski definition) is 6. The van der Waals surface area contributed by atoms with Crippen LogP contribution >= 0.6 is 11.3 Å². The molecule has 0 spiro atoms. The quantitative estimate of drug-likeness (QED) is 0.658. The normalized spacial score (nSPS) is 10.4. The van der Waals surface area contributed by atoms with E-state index in [9.17, 15) is 9.59 Å². The Hall–Kier alpha value is -2.93. The Balaban J connectivity index is 1.43. The summed E-state index contributed by atoms with van der Waals surface area (Å²) in [5.74, 6) is -0.428. The number of oxazole rings is 1. The summed E-state index contributed by atoms with van der Waals surface area (Å²) < 4.78 is 10.3. The van der Waals surface area contributed by atoms with Crippen LogP contribution in [0.4, 0.5) is 0 Å². The molecule has 0 aliphatic heterocycles. The molecule has 0 saturated heterocycles. The zero-order valence-corrected chi connectivity index (χ0v) is 14.1. The Bertz CT molecular complexity index is 828. The van der Waals surface area contributed by atoms with Crippen molar-refractivity contribution in [3.63, 3.8) is 0 Å². The summed E-state index contributed by atoms with van der Waals surface area (Å²) in [6, 6.07) is 13.2. The summed E-state index contributed by atoms with van der Waals surface area (Å²) in [7, 11) is 0. The molecule has 0 fully saturated rings. The smallest absolute Gasteiger partial charge is 0.312 e. The number of hydrogen-bond donors (Lipinski definition) is 1. The summed E-state index contributed by atoms with van der Waals surface area (Å²) in [4.78, 5) is 28.8. The van der Waals surface area contributed by atoms with E-state index in [2.05, 4.69) is 10.3 Å². The van der Waals surface area contributed by atoms with Crippen LogP contribution in [0.3, 0.4) is 0 Å². The van der Waals surface area contributed by atoms with E-state index in [0.29, 0.717) is 18.1 Å². The van der Waals surface area contributed by atoms with Crippen LogP contribution in [0.2, 0.25) is 0 Å². The van der Waals surface area contributed by atoms with Gasteiger partial charge in [0, 0.05) is 10.4 Å². The molecule has 6 nitrogen and oxygen atoms in total. The molecule has 3 rings (SSSR count). The summed E-state index contributed by atoms with van der Waals surface area (Å²) >= 11 is 1.55. The lowest BCUT2D eigenvalue weighted by molar-refractivity contribution is -0.147. The van der Waals surface area contributed by atoms with Crippen molar-refractivity contribution in [2.45, 2.75) is 13.0 Å². The van der Waals surface area contributed by atoms with Gasteiger partial charge in [0.15, 0.2) is 6.61 Å². The fourth-order valence-corrected chi connectivity index (χ4v) is 2.74. The average Bonchev–Trinajstić information content (AvgIpc) is 3.31. The Morgan fingerprint density at radius 2 is 2.00 bits per heavy atom. The van der Waals surface area contributed by atoms with Gasteiger partial charge < -0.3 is 14.5 Å². The van der Waals surface area contributed by atoms with E-state index in [-0.39, 0.29) is 18.9 Å². The maximum atomic E-state index is 11.8. The summed E-state index contributed by atoms with van der Waals surface area (Å²) in [6.45, 7) is 0.116. The minimum absolute atomic E-state index is 0.0471. The Labute approximate surface area is 148 Å². The second-order valence-corrected chi connectivity index (χ2v) is 6.24. The molecule has 0 bridgehead atoms. The van der Waals surface area contributed by atoms with Crippen LogP contribution in [0.25, 0.3) is 11.5 Å². The molecule has 1 N–H and O–H groups in total. The van der Waals surface area contributed by atoms with Crippen molar-refractivity contribution in [2.75, 3.05) is 6.61 Å². The number of aromatic nitrogens is 1. The minimum atomic E-state index is -0.529. The molecule has 1 amide bonds. The first kappa shape index (κ1) is 16.9. The molecule has 0 aliphatic carbocycles. The fraction of sp³-hybridized carbons (Fsp3) is 0.167. The van der Waals surface area contributed by atoms with Gasteiger partial charge in [-0.3, -0.25) is 9.59 Å². The van der Waals surface area contributed by atoms with Gasteiger partial charge in [-0.2, -0.15) is 0 Å². The highest BCUT2D eigenvalue weighted by Gasteiger charge is 2.13. The van der Waals surface area contributed by atoms with Crippen molar-refractivity contribution in [1.29, 1.82) is 0 Å². The van der Waals surface area contributed by atoms with Gasteiger partial charge in [-0.15, -0.1) is 11.3 Å². The van der Waals surface area contributed by atoms with Gasteiger partial charge in [-0.1, -0.05) is 24.3 Å². The minimum Gasteiger partial charge on any atom is -0.455 e. The molecule has 0 radical (unpaired) electrons. The van der Waals surface area contributed by atoms with Crippen LogP contribution in [-0.4, -0.2) is 23.5 Å². The van der Waals surface area contributed by atoms with Crippen molar-refractivity contribution in [3.05, 3.63) is 64.7 Å². The number of ether oxygens (including phenoxy) is 1. The predicted molar refractivity (Wildman–Crippen MR) is 92.8 cm³/mol. The molecule has 1 aromatic carbocycles. The zero-order chi connectivity index (χ0) is 17.5. The molecule has 3 aromatic rings. The number of rotatable bonds is 7. The number of benzene rings is 1. The van der Waals surface area contributed by atoms with Gasteiger partial charge in [0.1, 0.15) is 6.26 Å². The number of carbonyl (C=O) groups excluding carboxylic acids is 2. The average molecular weight is 356 g/mol. The fourth-order valence-electron chi connectivity index (χ4n) is 2.10. The van der Waals surface area contributed by atoms with Crippen molar-refractivity contribution < 1.29 is 18.7 Å². The van der Waals surface area contributed by atoms with Gasteiger partial charge >= 0.3 is 5.97 Å². The van der Waals surface area contributed by atoms with E-state index in [1.807, 2.05) is 47.8 Å². The molecular weight excluding hydrogens is 340 g/mol. The van der Waals surface area contributed by atoms with Crippen molar-refractivity contribution in [3.8, 4) is 11.5 Å². The van der Waals surface area contributed by atoms with Crippen LogP contribution in [0.5, 0.6) is 0 Å². The largest absolute Gasteiger partial charge is 0.455 e. The SMILES string of the molecule is O=C(COC(=O)Cc1coc(-c2ccccc2)n1)NCc1cccs1. The Morgan fingerprint density at radius 1 is 1.16 bits per heavy atom. The molecule has 128 valence electrons. The van der Waals surface area contributed by atoms with Crippen LogP contribution in [-0.2, 0) is 27.3 Å². The van der Waals surface area contributed by atoms with E-state index in [0.717, 1.165) is 10.4 Å². The third kappa shape index (κ3) is 5.02. The first-order valence-electron chi connectivity index (χ1n) is 7.65. The first-order valence-corrected chi connectivity index (χ1v) is 8.53. The standard InChI is InChI=1S/C18H16N2O4S/c21-16(19-10-15-7-4-8-25-15)12-23-17(22)9-14-11-24-18(20-14)13-5-2-1-3-6-13/h1-8,11H,9-10,12H2,(H,19,21). The third-order valence-electron chi connectivity index (χ3n) is 3.30. The first-order chi connectivity index (χ1) is 12.2. The number of amides is 1. The maximum Gasteiger partial charge on any atom is 0.312 e. The topological polar surface area (TPSA) is 81.4 Å². The lowest BCUT2D eigenvalue weighted by Gasteiger charge is -2.04. The number of thiophene rings is 1. The summed E-state index contributed by atoms with van der Waals surface area (Å²) in [5, 5.41) is 4.62. The van der Waals surface area contributed by atoms with Crippen LogP contribution in [0, 0.1) is 0 Å². The van der Waals surface area contributed by atoms with E-state index < -0.39 is 5.97 Å². The van der Waals surface area contributed by atoms with Crippen molar-refractivity contribution in [2.24, 2.45) is 0 Å². The van der Waals surface area contributed by atoms with Gasteiger partial charge in [0.2, 0.25) is 5.89 Å². The molecule has 7 heteroatoms. The molecule has 0 aliphatic rings. The maximum absolute atomic E-state index is 11.8. The van der Waals surface area contributed by atoms with Gasteiger partial charge in [-0.05, 0) is 23.6 Å². The number of carbonyl (C=O) groups is 2. The molecule has 2 heterocycles. The van der Waals surface area contributed by atoms with Crippen LogP contribution in [0.15, 0.2) is 58.5 Å². The monoisotopic (exact) mass is 356 g/mol. The number of esters is 1. The second kappa shape index (κ2) is 8.25. The third-order valence-corrected chi connectivity index (χ3v) is 4.18.